The summed E-state index contributed by atoms with van der Waals surface area (Å²) in [6.45, 7) is -7.71. The van der Waals surface area contributed by atoms with Crippen LogP contribution in [-0.2, 0) is 80.5 Å². The van der Waals surface area contributed by atoms with Crippen LogP contribution in [0.2, 0.25) is 0 Å². The molecule has 0 unspecified atom stereocenters. The van der Waals surface area contributed by atoms with E-state index in [1.807, 2.05) is 0 Å². The molecule has 43 nitrogen and oxygen atoms in total. The quantitative estimate of drug-likeness (QED) is 0.0479. The zero-order valence-electron chi connectivity index (χ0n) is 49.2. The largest absolute Gasteiger partial charge is 0.394 e. The fourth-order valence-corrected chi connectivity index (χ4v) is 11.8. The molecular formula is C51H86O43. The van der Waals surface area contributed by atoms with E-state index in [2.05, 4.69) is 0 Å². The molecule has 0 saturated carbocycles. The summed E-state index contributed by atoms with van der Waals surface area (Å²) in [5, 5.41) is 280. The Morgan fingerprint density at radius 1 is 0.223 bits per heavy atom. The van der Waals surface area contributed by atoms with Crippen molar-refractivity contribution in [3.63, 3.8) is 0 Å². The molecule has 9 fully saturated rings. The second-order valence-corrected chi connectivity index (χ2v) is 24.0. The minimum Gasteiger partial charge on any atom is -0.394 e. The van der Waals surface area contributed by atoms with E-state index in [1.165, 1.54) is 0 Å². The van der Waals surface area contributed by atoms with Gasteiger partial charge < -0.3 is 213 Å². The summed E-state index contributed by atoms with van der Waals surface area (Å²) in [4.78, 5) is 0. The van der Waals surface area contributed by atoms with E-state index in [4.69, 9.17) is 80.5 Å². The third-order valence-corrected chi connectivity index (χ3v) is 17.5. The third-order valence-electron chi connectivity index (χ3n) is 17.5. The van der Waals surface area contributed by atoms with Gasteiger partial charge in [0.25, 0.3) is 0 Å². The lowest BCUT2D eigenvalue weighted by atomic mass is 9.95. The number of hydrogen-bond acceptors (Lipinski definition) is 43. The highest BCUT2D eigenvalue weighted by Crippen LogP contribution is 2.38. The van der Waals surface area contributed by atoms with Crippen LogP contribution in [0.3, 0.4) is 0 Å². The summed E-state index contributed by atoms with van der Waals surface area (Å²) in [7, 11) is 0. The molecular weight excluding hydrogens is 1300 g/mol. The highest BCUT2D eigenvalue weighted by molar-refractivity contribution is 5.01. The smallest absolute Gasteiger partial charge is 0.187 e. The number of hydrogen-bond donors (Lipinski definition) is 26. The molecule has 0 amide bonds. The van der Waals surface area contributed by atoms with Gasteiger partial charge in [0.1, 0.15) is 201 Å². The zero-order valence-corrected chi connectivity index (χ0v) is 49.2. The molecule has 0 aromatic rings. The van der Waals surface area contributed by atoms with Crippen molar-refractivity contribution >= 4 is 0 Å². The second kappa shape index (κ2) is 32.9. The van der Waals surface area contributed by atoms with Crippen molar-refractivity contribution in [2.75, 3.05) is 59.5 Å². The maximum atomic E-state index is 12.1. The number of rotatable bonds is 22. The molecule has 0 aromatic heterocycles. The van der Waals surface area contributed by atoms with Crippen LogP contribution < -0.4 is 0 Å². The Morgan fingerprint density at radius 3 is 0.755 bits per heavy atom. The summed E-state index contributed by atoms with van der Waals surface area (Å²) in [5.74, 6) is 0. The predicted octanol–water partition coefficient (Wildman–Crippen LogP) is -18.7. The van der Waals surface area contributed by atoms with E-state index >= 15 is 0 Å². The number of aliphatic hydroxyl groups excluding tert-OH is 26. The minimum absolute atomic E-state index is 0.595. The van der Waals surface area contributed by atoms with E-state index in [0.717, 1.165) is 0 Å². The van der Waals surface area contributed by atoms with Gasteiger partial charge in [-0.25, -0.2) is 0 Å². The molecule has 0 aromatic carbocycles. The van der Waals surface area contributed by atoms with E-state index in [9.17, 15) is 133 Å². The van der Waals surface area contributed by atoms with Gasteiger partial charge >= 0.3 is 0 Å². The second-order valence-electron chi connectivity index (χ2n) is 24.0. The first kappa shape index (κ1) is 76.5. The molecule has 9 heterocycles. The monoisotopic (exact) mass is 1390 g/mol. The Labute approximate surface area is 530 Å². The molecule has 42 atom stereocenters. The van der Waals surface area contributed by atoms with Gasteiger partial charge in [-0.05, 0) is 0 Å². The lowest BCUT2D eigenvalue weighted by Crippen LogP contribution is -2.68. The summed E-state index contributed by atoms with van der Waals surface area (Å²) in [5.41, 5.74) is 0. The average molecular weight is 1390 g/mol. The minimum atomic E-state index is -2.44. The SMILES string of the molecule is OC[C@H]1O[C@@H](O[C@H]2[C@H](O)[C@@H](O)[C@H](O[C@H]3[C@H](O)[C@@H](O)[C@H](O[C@H]4[C@H](O)[C@@H](O)[C@H](O[C@H]5[C@H](O)[C@@H](O)[C@H](O[C@H]6[C@H](O)[C@@H](O)[C@H](O)O[C@@H]6CO)O[C@@H]5CO[C@H]5OC[C@@H](O)[C@H](O)[C@H]5O)O[C@@H]4CO[C@H]4OC[C@@H](O)[C@H](O)[C@H]4O)O[C@@H]3CO[C@H]3OC[C@@H](O)[C@H](O)[C@H]3O)O[C@@H]2CO)[C@H](O)[C@@H](O)[C@@H]1O. The molecule has 94 heavy (non-hydrogen) atoms. The van der Waals surface area contributed by atoms with Crippen LogP contribution in [0.5, 0.6) is 0 Å². The first-order valence-corrected chi connectivity index (χ1v) is 29.9. The molecule has 0 aliphatic carbocycles. The summed E-state index contributed by atoms with van der Waals surface area (Å²) < 4.78 is 96.6. The van der Waals surface area contributed by atoms with Gasteiger partial charge in [0.05, 0.1) is 59.5 Å². The maximum absolute atomic E-state index is 12.1. The molecule has 0 radical (unpaired) electrons. The van der Waals surface area contributed by atoms with Crippen LogP contribution in [0.25, 0.3) is 0 Å². The van der Waals surface area contributed by atoms with Crippen LogP contribution in [0, 0.1) is 0 Å². The van der Waals surface area contributed by atoms with E-state index in [1.54, 1.807) is 0 Å². The standard InChI is InChI=1S/C51H86O43/c52-1-13-22(61)23(62)33(72)47(85-13)91-39-15(3-54)86-48(34(73)25(39)64)92-40-16(7-81-44-30(69)19(58)10(55)4-78-44)88-50(36(75)27(40)66)94-42-18(9-83-46-32(71)21(60)12(57)6-80-46)89-51(37(76)28(42)67)93-41-17(8-82-45-31(70)20(59)11(56)5-79-45)87-49(35(74)26(41)65)90-38-14(2-53)84-43(77)29(68)24(38)63/h10-77H,1-9H2/t10-,11-,12-,13-,14-,15-,16-,17-,18-,19+,20+,21+,22-,23+,24-,25-,26-,27-,28-,29-,30-,31-,32-,33-,34-,35-,36-,37-,38-,39-,40-,41-,42-,43-,44-,45-,46-,47+,48+,49+,50+,51+/m1/s1. The van der Waals surface area contributed by atoms with Gasteiger partial charge in [-0.1, -0.05) is 0 Å². The Balaban J connectivity index is 0.968. The van der Waals surface area contributed by atoms with Crippen molar-refractivity contribution in [1.29, 1.82) is 0 Å². The van der Waals surface area contributed by atoms with E-state index in [0.29, 0.717) is 0 Å². The van der Waals surface area contributed by atoms with Crippen LogP contribution in [0.15, 0.2) is 0 Å². The molecule has 0 bridgehead atoms. The molecule has 9 aliphatic rings. The Hall–Kier alpha value is -1.72. The van der Waals surface area contributed by atoms with Gasteiger partial charge in [-0.15, -0.1) is 0 Å². The number of aliphatic hydroxyl groups is 26. The van der Waals surface area contributed by atoms with Crippen molar-refractivity contribution in [3.8, 4) is 0 Å². The van der Waals surface area contributed by atoms with Gasteiger partial charge in [-0.2, -0.15) is 0 Å². The fraction of sp³-hybridized carbons (Fsp3) is 1.00. The van der Waals surface area contributed by atoms with Gasteiger partial charge in [0, 0.05) is 0 Å². The van der Waals surface area contributed by atoms with Crippen LogP contribution in [0.4, 0.5) is 0 Å². The summed E-state index contributed by atoms with van der Waals surface area (Å²) >= 11 is 0. The van der Waals surface area contributed by atoms with Crippen LogP contribution >= 0.6 is 0 Å². The molecule has 9 saturated heterocycles. The van der Waals surface area contributed by atoms with Gasteiger partial charge in [0.15, 0.2) is 56.6 Å². The predicted molar refractivity (Wildman–Crippen MR) is 279 cm³/mol. The zero-order chi connectivity index (χ0) is 68.6. The highest BCUT2D eigenvalue weighted by Gasteiger charge is 2.59. The van der Waals surface area contributed by atoms with Crippen LogP contribution in [-0.4, -0.2) is 450 Å². The van der Waals surface area contributed by atoms with E-state index in [-0.39, 0.29) is 0 Å². The first-order valence-electron chi connectivity index (χ1n) is 29.9. The number of ether oxygens (including phenoxy) is 17. The molecule has 9 aliphatic heterocycles. The Morgan fingerprint density at radius 2 is 0.457 bits per heavy atom. The highest BCUT2D eigenvalue weighted by atomic mass is 16.8. The van der Waals surface area contributed by atoms with Gasteiger partial charge in [-0.3, -0.25) is 0 Å². The maximum Gasteiger partial charge on any atom is 0.187 e. The summed E-state index contributed by atoms with van der Waals surface area (Å²) in [6, 6.07) is 0. The third kappa shape index (κ3) is 16.3. The van der Waals surface area contributed by atoms with Crippen molar-refractivity contribution in [2.24, 2.45) is 0 Å². The molecule has 0 spiro atoms. The van der Waals surface area contributed by atoms with Crippen molar-refractivity contribution in [2.45, 2.75) is 258 Å². The normalized spacial score (nSPS) is 53.9. The fourth-order valence-electron chi connectivity index (χ4n) is 11.8. The molecule has 9 rings (SSSR count). The van der Waals surface area contributed by atoms with Crippen molar-refractivity contribution in [1.82, 2.24) is 0 Å². The van der Waals surface area contributed by atoms with Crippen molar-refractivity contribution in [3.05, 3.63) is 0 Å². The first-order chi connectivity index (χ1) is 44.5. The van der Waals surface area contributed by atoms with Crippen LogP contribution in [0.1, 0.15) is 0 Å². The lowest BCUT2D eigenvalue weighted by Gasteiger charge is -2.50. The average Bonchev–Trinajstić information content (AvgIpc) is 0.777. The molecule has 43 heteroatoms. The van der Waals surface area contributed by atoms with Crippen molar-refractivity contribution < 1.29 is 213 Å². The molecule has 548 valence electrons. The summed E-state index contributed by atoms with van der Waals surface area (Å²) in [6.07, 6.45) is -84.2. The molecule has 26 N–H and O–H groups in total. The van der Waals surface area contributed by atoms with Gasteiger partial charge in [0.2, 0.25) is 0 Å². The topological polar surface area (TPSA) is 683 Å². The van der Waals surface area contributed by atoms with E-state index < -0.39 is 318 Å². The Kier molecular flexibility index (Phi) is 26.8. The lowest BCUT2D eigenvalue weighted by molar-refractivity contribution is -0.400. The Bertz CT molecular complexity index is 2290.